The first kappa shape index (κ1) is 41.1. The second-order valence-electron chi connectivity index (χ2n) is 11.5. The molecule has 0 bridgehead atoms. The molecule has 44 heavy (non-hydrogen) atoms. The van der Waals surface area contributed by atoms with Gasteiger partial charge in [-0.05, 0) is 103 Å². The summed E-state index contributed by atoms with van der Waals surface area (Å²) >= 11 is 0. The van der Waals surface area contributed by atoms with Crippen molar-refractivity contribution in [1.82, 2.24) is 21.3 Å². The molecule has 0 radical (unpaired) electrons. The quantitative estimate of drug-likeness (QED) is 0.0492. The molecule has 15 heteroatoms. The van der Waals surface area contributed by atoms with Crippen LogP contribution in [0.15, 0.2) is 0 Å². The van der Waals surface area contributed by atoms with E-state index in [9.17, 15) is 29.1 Å². The Kier molecular flexibility index (Phi) is 22.9. The van der Waals surface area contributed by atoms with E-state index in [4.69, 9.17) is 28.7 Å². The molecule has 0 saturated carbocycles. The fraction of sp³-hybridized carbons (Fsp3) is 0.828. The summed E-state index contributed by atoms with van der Waals surface area (Å²) in [5.74, 6) is -3.79. The molecule has 0 saturated heterocycles. The average Bonchev–Trinajstić information content (AvgIpc) is 2.97. The summed E-state index contributed by atoms with van der Waals surface area (Å²) in [6, 6.07) is -4.99. The average molecular weight is 630 g/mol. The topological polar surface area (TPSA) is 284 Å². The third kappa shape index (κ3) is 17.4. The maximum Gasteiger partial charge on any atom is 0.326 e. The Hall–Kier alpha value is -2.85. The molecule has 0 aromatic carbocycles. The smallest absolute Gasteiger partial charge is 0.326 e. The van der Waals surface area contributed by atoms with Crippen LogP contribution in [0.5, 0.6) is 0 Å². The molecule has 256 valence electrons. The van der Waals surface area contributed by atoms with Gasteiger partial charge in [0.1, 0.15) is 24.2 Å². The highest BCUT2D eigenvalue weighted by atomic mass is 16.4. The van der Waals surface area contributed by atoms with Crippen molar-refractivity contribution in [3.63, 3.8) is 0 Å². The zero-order valence-corrected chi connectivity index (χ0v) is 26.7. The standard InChI is InChI=1S/C29H59N9O6/c1-19(2)24(38-25(39)20(34)11-3-7-15-30)28(42)36-22(13-5-9-17-32)26(40)35-21(12-4-8-16-31)27(41)37-23(29(43)44)14-6-10-18-33/h19-24H,3-18,30-34H2,1-2H3,(H,35,40)(H,36,42)(H,37,41)(H,38,39)(H,43,44)/t20-,21-,22-,23-,24-/m0/s1. The monoisotopic (exact) mass is 629 g/mol. The van der Waals surface area contributed by atoms with Gasteiger partial charge in [0, 0.05) is 0 Å². The summed E-state index contributed by atoms with van der Waals surface area (Å²) < 4.78 is 0. The van der Waals surface area contributed by atoms with Crippen molar-refractivity contribution in [2.45, 2.75) is 121 Å². The largest absolute Gasteiger partial charge is 0.480 e. The van der Waals surface area contributed by atoms with Crippen molar-refractivity contribution in [3.05, 3.63) is 0 Å². The summed E-state index contributed by atoms with van der Waals surface area (Å²) in [4.78, 5) is 64.5. The van der Waals surface area contributed by atoms with E-state index < -0.39 is 59.8 Å². The van der Waals surface area contributed by atoms with Crippen molar-refractivity contribution in [2.75, 3.05) is 26.2 Å². The number of aliphatic carboxylic acids is 1. The summed E-state index contributed by atoms with van der Waals surface area (Å²) in [6.45, 7) is 5.19. The van der Waals surface area contributed by atoms with Crippen molar-refractivity contribution >= 4 is 29.6 Å². The Balaban J connectivity index is 5.78. The van der Waals surface area contributed by atoms with E-state index in [2.05, 4.69) is 21.3 Å². The van der Waals surface area contributed by atoms with Crippen molar-refractivity contribution < 1.29 is 29.1 Å². The minimum Gasteiger partial charge on any atom is -0.480 e. The van der Waals surface area contributed by atoms with E-state index in [1.165, 1.54) is 0 Å². The molecule has 4 amide bonds. The van der Waals surface area contributed by atoms with Crippen molar-refractivity contribution in [2.24, 2.45) is 34.6 Å². The summed E-state index contributed by atoms with van der Waals surface area (Å²) in [7, 11) is 0. The fourth-order valence-corrected chi connectivity index (χ4v) is 4.51. The fourth-order valence-electron chi connectivity index (χ4n) is 4.51. The molecule has 0 aliphatic rings. The van der Waals surface area contributed by atoms with E-state index in [0.717, 1.165) is 6.42 Å². The highest BCUT2D eigenvalue weighted by Crippen LogP contribution is 2.10. The minimum absolute atomic E-state index is 0.193. The highest BCUT2D eigenvalue weighted by Gasteiger charge is 2.32. The molecule has 15 nitrogen and oxygen atoms in total. The Morgan fingerprint density at radius 3 is 1.27 bits per heavy atom. The van der Waals surface area contributed by atoms with Crippen LogP contribution in [0.1, 0.15) is 90.9 Å². The molecule has 0 spiro atoms. The second-order valence-corrected chi connectivity index (χ2v) is 11.5. The van der Waals surface area contributed by atoms with Gasteiger partial charge in [-0.1, -0.05) is 20.3 Å². The Morgan fingerprint density at radius 1 is 0.523 bits per heavy atom. The van der Waals surface area contributed by atoms with Crippen LogP contribution in [0, 0.1) is 5.92 Å². The molecular weight excluding hydrogens is 570 g/mol. The van der Waals surface area contributed by atoms with Crippen LogP contribution in [0.25, 0.3) is 0 Å². The normalized spacial score (nSPS) is 14.6. The molecule has 0 aromatic heterocycles. The number of carboxylic acid groups (broad SMARTS) is 1. The Morgan fingerprint density at radius 2 is 0.886 bits per heavy atom. The zero-order chi connectivity index (χ0) is 33.5. The van der Waals surface area contributed by atoms with E-state index in [1.807, 2.05) is 0 Å². The van der Waals surface area contributed by atoms with Crippen molar-refractivity contribution in [3.8, 4) is 0 Å². The van der Waals surface area contributed by atoms with E-state index in [1.54, 1.807) is 13.8 Å². The first-order chi connectivity index (χ1) is 20.9. The second kappa shape index (κ2) is 24.5. The molecule has 15 N–H and O–H groups in total. The number of unbranched alkanes of at least 4 members (excludes halogenated alkanes) is 4. The number of nitrogens with two attached hydrogens (primary N) is 5. The van der Waals surface area contributed by atoms with Gasteiger partial charge >= 0.3 is 5.97 Å². The number of hydrogen-bond acceptors (Lipinski definition) is 10. The molecule has 0 fully saturated rings. The summed E-state index contributed by atoms with van der Waals surface area (Å²) in [5, 5.41) is 20.3. The Bertz CT molecular complexity index is 861. The maximum atomic E-state index is 13.5. The van der Waals surface area contributed by atoms with Crippen LogP contribution >= 0.6 is 0 Å². The third-order valence-electron chi connectivity index (χ3n) is 7.27. The summed E-state index contributed by atoms with van der Waals surface area (Å²) in [6.07, 6.45) is 5.83. The predicted molar refractivity (Wildman–Crippen MR) is 170 cm³/mol. The lowest BCUT2D eigenvalue weighted by atomic mass is 10.0. The molecule has 0 aromatic rings. The van der Waals surface area contributed by atoms with Crippen LogP contribution in [-0.4, -0.2) is 91.1 Å². The van der Waals surface area contributed by atoms with Crippen LogP contribution < -0.4 is 49.9 Å². The van der Waals surface area contributed by atoms with Gasteiger partial charge in [-0.15, -0.1) is 0 Å². The zero-order valence-electron chi connectivity index (χ0n) is 26.7. The maximum absolute atomic E-state index is 13.5. The van der Waals surface area contributed by atoms with Crippen LogP contribution in [0.2, 0.25) is 0 Å². The van der Waals surface area contributed by atoms with Gasteiger partial charge in [0.25, 0.3) is 0 Å². The molecule has 0 heterocycles. The van der Waals surface area contributed by atoms with Crippen LogP contribution in [0.4, 0.5) is 0 Å². The Labute approximate surface area is 261 Å². The number of amides is 4. The van der Waals surface area contributed by atoms with Gasteiger partial charge in [0.15, 0.2) is 0 Å². The minimum atomic E-state index is -1.18. The van der Waals surface area contributed by atoms with Gasteiger partial charge in [-0.25, -0.2) is 4.79 Å². The number of hydrogen-bond donors (Lipinski definition) is 10. The first-order valence-corrected chi connectivity index (χ1v) is 15.9. The lowest BCUT2D eigenvalue weighted by Gasteiger charge is -2.28. The molecule has 0 unspecified atom stereocenters. The summed E-state index contributed by atoms with van der Waals surface area (Å²) in [5.41, 5.74) is 28.3. The van der Waals surface area contributed by atoms with Crippen LogP contribution in [-0.2, 0) is 24.0 Å². The van der Waals surface area contributed by atoms with Gasteiger partial charge in [-0.2, -0.15) is 0 Å². The number of carbonyl (C=O) groups excluding carboxylic acids is 4. The molecule has 0 aliphatic heterocycles. The van der Waals surface area contributed by atoms with Gasteiger partial charge in [-0.3, -0.25) is 19.2 Å². The van der Waals surface area contributed by atoms with Gasteiger partial charge in [0.2, 0.25) is 23.6 Å². The number of carbonyl (C=O) groups is 5. The molecule has 0 aliphatic carbocycles. The van der Waals surface area contributed by atoms with E-state index in [-0.39, 0.29) is 25.2 Å². The molecular formula is C29H59N9O6. The number of carboxylic acids is 1. The third-order valence-corrected chi connectivity index (χ3v) is 7.27. The van der Waals surface area contributed by atoms with Gasteiger partial charge < -0.3 is 55.0 Å². The lowest BCUT2D eigenvalue weighted by molar-refractivity contribution is -0.142. The van der Waals surface area contributed by atoms with E-state index >= 15 is 0 Å². The predicted octanol–water partition coefficient (Wildman–Crippen LogP) is -1.49. The van der Waals surface area contributed by atoms with Crippen LogP contribution in [0.3, 0.4) is 0 Å². The van der Waals surface area contributed by atoms with Gasteiger partial charge in [0.05, 0.1) is 6.04 Å². The van der Waals surface area contributed by atoms with E-state index in [0.29, 0.717) is 77.5 Å². The molecule has 5 atom stereocenters. The first-order valence-electron chi connectivity index (χ1n) is 15.9. The number of nitrogens with one attached hydrogen (secondary N) is 4. The highest BCUT2D eigenvalue weighted by molar-refractivity contribution is 5.95. The lowest BCUT2D eigenvalue weighted by Crippen LogP contribution is -2.59. The van der Waals surface area contributed by atoms with Crippen molar-refractivity contribution in [1.29, 1.82) is 0 Å². The SMILES string of the molecule is CC(C)[C@H](NC(=O)[C@@H](N)CCCCN)C(=O)N[C@@H](CCCCN)C(=O)N[C@@H](CCCCN)C(=O)N[C@@H](CCCCN)C(=O)O. The molecule has 0 rings (SSSR count). The number of rotatable bonds is 26.